The van der Waals surface area contributed by atoms with Crippen molar-refractivity contribution in [3.05, 3.63) is 35.4 Å². The van der Waals surface area contributed by atoms with E-state index in [1.54, 1.807) is 0 Å². The number of benzene rings is 1. The first kappa shape index (κ1) is 13.6. The number of nitrogens with zero attached hydrogens (tertiary/aromatic N) is 1. The lowest BCUT2D eigenvalue weighted by molar-refractivity contribution is 0.0500. The van der Waals surface area contributed by atoms with Crippen molar-refractivity contribution in [2.75, 3.05) is 20.1 Å². The summed E-state index contributed by atoms with van der Waals surface area (Å²) in [6.45, 7) is 6.21. The summed E-state index contributed by atoms with van der Waals surface area (Å²) in [7, 11) is 2.17. The van der Waals surface area contributed by atoms with Crippen LogP contribution in [0.25, 0.3) is 0 Å². The molecule has 0 bridgehead atoms. The molecule has 2 nitrogen and oxygen atoms in total. The van der Waals surface area contributed by atoms with Crippen molar-refractivity contribution in [1.29, 1.82) is 0 Å². The Bertz CT molecular complexity index is 394. The molecule has 2 aliphatic rings. The average Bonchev–Trinajstić information content (AvgIpc) is 2.69. The van der Waals surface area contributed by atoms with Crippen molar-refractivity contribution in [2.45, 2.75) is 44.6 Å². The molecule has 1 fully saturated rings. The molecule has 1 spiro atoms. The standard InChI is InChI=1S/C14H19NO.C2H6/c1-15-8-6-14(7-9-15)12-5-3-2-4-11(12)10-13(14)16;1-2/h2-5,13,16H,6-10H2,1H3;1-2H3. The van der Waals surface area contributed by atoms with Gasteiger partial charge in [0.15, 0.2) is 0 Å². The van der Waals surface area contributed by atoms with Gasteiger partial charge in [-0.05, 0) is 50.5 Å². The predicted octanol–water partition coefficient (Wildman–Crippen LogP) is 2.59. The Labute approximate surface area is 111 Å². The second-order valence-corrected chi connectivity index (χ2v) is 5.34. The van der Waals surface area contributed by atoms with Gasteiger partial charge in [0.25, 0.3) is 0 Å². The number of likely N-dealkylation sites (tertiary alicyclic amines) is 1. The van der Waals surface area contributed by atoms with E-state index in [4.69, 9.17) is 0 Å². The van der Waals surface area contributed by atoms with Crippen LogP contribution in [0.3, 0.4) is 0 Å². The van der Waals surface area contributed by atoms with Crippen LogP contribution in [0.15, 0.2) is 24.3 Å². The highest BCUT2D eigenvalue weighted by atomic mass is 16.3. The largest absolute Gasteiger partial charge is 0.392 e. The lowest BCUT2D eigenvalue weighted by atomic mass is 9.72. The first-order chi connectivity index (χ1) is 8.72. The van der Waals surface area contributed by atoms with Crippen LogP contribution in [0.2, 0.25) is 0 Å². The van der Waals surface area contributed by atoms with Crippen molar-refractivity contribution in [1.82, 2.24) is 4.90 Å². The number of aliphatic hydroxyl groups is 1. The monoisotopic (exact) mass is 247 g/mol. The Morgan fingerprint density at radius 2 is 1.78 bits per heavy atom. The molecular formula is C16H25NO. The fourth-order valence-corrected chi connectivity index (χ4v) is 3.39. The Hall–Kier alpha value is -0.860. The predicted molar refractivity (Wildman–Crippen MR) is 75.9 cm³/mol. The smallest absolute Gasteiger partial charge is 0.0678 e. The van der Waals surface area contributed by atoms with E-state index in [9.17, 15) is 5.11 Å². The molecule has 0 aromatic heterocycles. The molecule has 0 saturated carbocycles. The number of piperidine rings is 1. The van der Waals surface area contributed by atoms with Gasteiger partial charge in [-0.25, -0.2) is 0 Å². The van der Waals surface area contributed by atoms with Crippen molar-refractivity contribution >= 4 is 0 Å². The first-order valence-corrected chi connectivity index (χ1v) is 7.17. The maximum absolute atomic E-state index is 10.4. The third kappa shape index (κ3) is 2.08. The summed E-state index contributed by atoms with van der Waals surface area (Å²) in [6.07, 6.45) is 2.88. The fraction of sp³-hybridized carbons (Fsp3) is 0.625. The van der Waals surface area contributed by atoms with Crippen LogP contribution < -0.4 is 0 Å². The molecule has 1 unspecified atom stereocenters. The fourth-order valence-electron chi connectivity index (χ4n) is 3.39. The molecule has 100 valence electrons. The Kier molecular flexibility index (Phi) is 4.08. The summed E-state index contributed by atoms with van der Waals surface area (Å²) in [4.78, 5) is 2.36. The SMILES string of the molecule is CC.CN1CCC2(CC1)c1ccccc1CC2O. The van der Waals surface area contributed by atoms with Gasteiger partial charge < -0.3 is 10.0 Å². The third-order valence-corrected chi connectivity index (χ3v) is 4.48. The molecule has 1 aromatic carbocycles. The molecule has 2 heteroatoms. The van der Waals surface area contributed by atoms with Crippen LogP contribution in [0.5, 0.6) is 0 Å². The van der Waals surface area contributed by atoms with E-state index >= 15 is 0 Å². The van der Waals surface area contributed by atoms with E-state index in [-0.39, 0.29) is 11.5 Å². The lowest BCUT2D eigenvalue weighted by Gasteiger charge is -2.41. The Morgan fingerprint density at radius 1 is 1.17 bits per heavy atom. The molecule has 1 aliphatic heterocycles. The normalized spacial score (nSPS) is 25.4. The molecule has 1 N–H and O–H groups in total. The van der Waals surface area contributed by atoms with Crippen LogP contribution >= 0.6 is 0 Å². The van der Waals surface area contributed by atoms with Gasteiger partial charge in [-0.3, -0.25) is 0 Å². The molecule has 0 radical (unpaired) electrons. The molecule has 18 heavy (non-hydrogen) atoms. The van der Waals surface area contributed by atoms with Crippen molar-refractivity contribution in [3.63, 3.8) is 0 Å². The summed E-state index contributed by atoms with van der Waals surface area (Å²) >= 11 is 0. The maximum atomic E-state index is 10.4. The average molecular weight is 247 g/mol. The number of hydrogen-bond acceptors (Lipinski definition) is 2. The van der Waals surface area contributed by atoms with Crippen molar-refractivity contribution in [2.24, 2.45) is 0 Å². The van der Waals surface area contributed by atoms with Gasteiger partial charge in [0.2, 0.25) is 0 Å². The molecule has 1 aliphatic carbocycles. The number of fused-ring (bicyclic) bond motifs is 2. The zero-order valence-electron chi connectivity index (χ0n) is 11.8. The minimum Gasteiger partial charge on any atom is -0.392 e. The quantitative estimate of drug-likeness (QED) is 0.762. The highest BCUT2D eigenvalue weighted by molar-refractivity contribution is 5.42. The molecule has 1 heterocycles. The first-order valence-electron chi connectivity index (χ1n) is 7.17. The summed E-state index contributed by atoms with van der Waals surface area (Å²) in [5, 5.41) is 10.4. The minimum atomic E-state index is -0.168. The molecule has 1 atom stereocenters. The van der Waals surface area contributed by atoms with Crippen molar-refractivity contribution < 1.29 is 5.11 Å². The van der Waals surface area contributed by atoms with Crippen LogP contribution in [-0.2, 0) is 11.8 Å². The second kappa shape index (κ2) is 5.41. The van der Waals surface area contributed by atoms with Gasteiger partial charge in [0, 0.05) is 5.41 Å². The van der Waals surface area contributed by atoms with Crippen LogP contribution in [0.1, 0.15) is 37.8 Å². The highest BCUT2D eigenvalue weighted by Gasteiger charge is 2.46. The molecule has 0 amide bonds. The summed E-state index contributed by atoms with van der Waals surface area (Å²) in [5.41, 5.74) is 2.83. The van der Waals surface area contributed by atoms with E-state index < -0.39 is 0 Å². The zero-order valence-corrected chi connectivity index (χ0v) is 11.8. The molecule has 3 rings (SSSR count). The van der Waals surface area contributed by atoms with Gasteiger partial charge in [-0.1, -0.05) is 38.1 Å². The minimum absolute atomic E-state index is 0.0586. The highest BCUT2D eigenvalue weighted by Crippen LogP contribution is 2.45. The third-order valence-electron chi connectivity index (χ3n) is 4.48. The number of rotatable bonds is 0. The maximum Gasteiger partial charge on any atom is 0.0678 e. The van der Waals surface area contributed by atoms with Crippen molar-refractivity contribution in [3.8, 4) is 0 Å². The summed E-state index contributed by atoms with van der Waals surface area (Å²) in [6, 6.07) is 8.58. The lowest BCUT2D eigenvalue weighted by Crippen LogP contribution is -2.46. The second-order valence-electron chi connectivity index (χ2n) is 5.34. The van der Waals surface area contributed by atoms with E-state index in [2.05, 4.69) is 36.2 Å². The Balaban J connectivity index is 0.000000574. The van der Waals surface area contributed by atoms with Gasteiger partial charge in [0.1, 0.15) is 0 Å². The Morgan fingerprint density at radius 3 is 2.44 bits per heavy atom. The zero-order chi connectivity index (χ0) is 13.2. The topological polar surface area (TPSA) is 23.5 Å². The van der Waals surface area contributed by atoms with Gasteiger partial charge >= 0.3 is 0 Å². The van der Waals surface area contributed by atoms with Gasteiger partial charge in [-0.2, -0.15) is 0 Å². The van der Waals surface area contributed by atoms with E-state index in [1.807, 2.05) is 13.8 Å². The molecular weight excluding hydrogens is 222 g/mol. The molecule has 1 aromatic rings. The van der Waals surface area contributed by atoms with E-state index in [0.717, 1.165) is 32.4 Å². The van der Waals surface area contributed by atoms with Crippen LogP contribution in [0, 0.1) is 0 Å². The number of aliphatic hydroxyl groups excluding tert-OH is 1. The molecule has 1 saturated heterocycles. The summed E-state index contributed by atoms with van der Waals surface area (Å²) < 4.78 is 0. The van der Waals surface area contributed by atoms with E-state index in [1.165, 1.54) is 11.1 Å². The number of hydrogen-bond donors (Lipinski definition) is 1. The van der Waals surface area contributed by atoms with Crippen LogP contribution in [0.4, 0.5) is 0 Å². The van der Waals surface area contributed by atoms with Crippen LogP contribution in [-0.4, -0.2) is 36.2 Å². The van der Waals surface area contributed by atoms with Gasteiger partial charge in [-0.15, -0.1) is 0 Å². The van der Waals surface area contributed by atoms with E-state index in [0.29, 0.717) is 0 Å². The summed E-state index contributed by atoms with van der Waals surface area (Å²) in [5.74, 6) is 0. The van der Waals surface area contributed by atoms with Gasteiger partial charge in [0.05, 0.1) is 6.10 Å².